The van der Waals surface area contributed by atoms with E-state index < -0.39 is 0 Å². The van der Waals surface area contributed by atoms with E-state index in [-0.39, 0.29) is 17.9 Å². The molecule has 0 aromatic heterocycles. The lowest BCUT2D eigenvalue weighted by atomic mass is 9.94. The summed E-state index contributed by atoms with van der Waals surface area (Å²) in [5.74, 6) is 0.150. The molecule has 2 atom stereocenters. The van der Waals surface area contributed by atoms with Crippen molar-refractivity contribution < 1.29 is 4.79 Å². The average molecular weight is 236 g/mol. The summed E-state index contributed by atoms with van der Waals surface area (Å²) in [7, 11) is 0. The van der Waals surface area contributed by atoms with E-state index in [0.29, 0.717) is 13.1 Å². The van der Waals surface area contributed by atoms with E-state index in [1.54, 1.807) is 17.1 Å². The number of nitrogens with two attached hydrogens (primary N) is 1. The van der Waals surface area contributed by atoms with Gasteiger partial charge in [-0.15, -0.1) is 13.2 Å². The fourth-order valence-electron chi connectivity index (χ4n) is 2.44. The van der Waals surface area contributed by atoms with Crippen molar-refractivity contribution in [3.63, 3.8) is 0 Å². The second-order valence-electron chi connectivity index (χ2n) is 4.73. The highest BCUT2D eigenvalue weighted by Crippen LogP contribution is 2.24. The van der Waals surface area contributed by atoms with Gasteiger partial charge in [-0.2, -0.15) is 0 Å². The van der Waals surface area contributed by atoms with E-state index in [0.717, 1.165) is 25.7 Å². The first-order valence-corrected chi connectivity index (χ1v) is 6.47. The smallest absolute Gasteiger partial charge is 0.227 e. The lowest BCUT2D eigenvalue weighted by Crippen LogP contribution is -2.44. The molecule has 1 rings (SSSR count). The fraction of sp³-hybridized carbons (Fsp3) is 0.643. The molecule has 17 heavy (non-hydrogen) atoms. The molecule has 0 heterocycles. The molecule has 0 spiro atoms. The van der Waals surface area contributed by atoms with Crippen molar-refractivity contribution in [1.29, 1.82) is 0 Å². The van der Waals surface area contributed by atoms with Crippen LogP contribution in [0.2, 0.25) is 0 Å². The van der Waals surface area contributed by atoms with Gasteiger partial charge in [-0.05, 0) is 12.8 Å². The van der Waals surface area contributed by atoms with E-state index in [2.05, 4.69) is 13.2 Å². The van der Waals surface area contributed by atoms with Crippen molar-refractivity contribution in [1.82, 2.24) is 4.90 Å². The van der Waals surface area contributed by atoms with Crippen LogP contribution in [0.5, 0.6) is 0 Å². The summed E-state index contributed by atoms with van der Waals surface area (Å²) >= 11 is 0. The summed E-state index contributed by atoms with van der Waals surface area (Å²) in [6.45, 7) is 8.53. The molecule has 1 fully saturated rings. The van der Waals surface area contributed by atoms with Gasteiger partial charge in [0, 0.05) is 19.1 Å². The minimum atomic E-state index is -0.0163. The average Bonchev–Trinajstić information content (AvgIpc) is 2.53. The third-order valence-electron chi connectivity index (χ3n) is 3.40. The second-order valence-corrected chi connectivity index (χ2v) is 4.73. The molecule has 0 saturated heterocycles. The number of hydrogen-bond donors (Lipinski definition) is 1. The maximum Gasteiger partial charge on any atom is 0.227 e. The van der Waals surface area contributed by atoms with E-state index in [1.165, 1.54) is 6.42 Å². The summed E-state index contributed by atoms with van der Waals surface area (Å²) in [5.41, 5.74) is 6.11. The summed E-state index contributed by atoms with van der Waals surface area (Å²) in [6, 6.07) is 0.0159. The normalized spacial score (nSPS) is 24.8. The Morgan fingerprint density at radius 2 is 1.76 bits per heavy atom. The summed E-state index contributed by atoms with van der Waals surface area (Å²) < 4.78 is 0. The first-order valence-electron chi connectivity index (χ1n) is 6.47. The molecule has 0 aliphatic heterocycles. The van der Waals surface area contributed by atoms with Gasteiger partial charge in [0.25, 0.3) is 0 Å². The number of nitrogens with zero attached hydrogens (tertiary/aromatic N) is 1. The van der Waals surface area contributed by atoms with E-state index in [4.69, 9.17) is 5.73 Å². The standard InChI is InChI=1S/C14H24N2O/c1-3-10-16(11-4-2)14(17)12-8-6-5-7-9-13(12)15/h3-4,12-13H,1-2,5-11,15H2. The van der Waals surface area contributed by atoms with Crippen LogP contribution in [-0.2, 0) is 4.79 Å². The van der Waals surface area contributed by atoms with Crippen molar-refractivity contribution in [2.24, 2.45) is 11.7 Å². The highest BCUT2D eigenvalue weighted by atomic mass is 16.2. The van der Waals surface area contributed by atoms with Gasteiger partial charge in [0.2, 0.25) is 5.91 Å². The lowest BCUT2D eigenvalue weighted by molar-refractivity contribution is -0.135. The van der Waals surface area contributed by atoms with E-state index >= 15 is 0 Å². The maximum absolute atomic E-state index is 12.4. The number of carbonyl (C=O) groups excluding carboxylic acids is 1. The Morgan fingerprint density at radius 1 is 1.18 bits per heavy atom. The Kier molecular flexibility index (Phi) is 5.98. The maximum atomic E-state index is 12.4. The fourth-order valence-corrected chi connectivity index (χ4v) is 2.44. The van der Waals surface area contributed by atoms with Crippen LogP contribution in [0.3, 0.4) is 0 Å². The molecule has 0 radical (unpaired) electrons. The largest absolute Gasteiger partial charge is 0.335 e. The summed E-state index contributed by atoms with van der Waals surface area (Å²) in [6.07, 6.45) is 8.85. The van der Waals surface area contributed by atoms with Crippen LogP contribution >= 0.6 is 0 Å². The molecule has 1 saturated carbocycles. The molecule has 1 aliphatic rings. The molecule has 0 bridgehead atoms. The Labute approximate surface area is 104 Å². The van der Waals surface area contributed by atoms with Crippen molar-refractivity contribution in [3.8, 4) is 0 Å². The Hall–Kier alpha value is -1.09. The number of hydrogen-bond acceptors (Lipinski definition) is 2. The van der Waals surface area contributed by atoms with Gasteiger partial charge in [0.05, 0.1) is 5.92 Å². The molecule has 0 aromatic rings. The van der Waals surface area contributed by atoms with Gasteiger partial charge in [-0.3, -0.25) is 4.79 Å². The minimum Gasteiger partial charge on any atom is -0.335 e. The highest BCUT2D eigenvalue weighted by Gasteiger charge is 2.29. The van der Waals surface area contributed by atoms with Crippen LogP contribution in [0.25, 0.3) is 0 Å². The molecule has 0 aromatic carbocycles. The van der Waals surface area contributed by atoms with Crippen molar-refractivity contribution in [2.45, 2.75) is 38.1 Å². The second kappa shape index (κ2) is 7.28. The molecule has 2 unspecified atom stereocenters. The monoisotopic (exact) mass is 236 g/mol. The number of amides is 1. The molecule has 1 amide bonds. The number of carbonyl (C=O) groups is 1. The molecular formula is C14H24N2O. The zero-order chi connectivity index (χ0) is 12.7. The summed E-state index contributed by atoms with van der Waals surface area (Å²) in [4.78, 5) is 14.2. The van der Waals surface area contributed by atoms with Gasteiger partial charge in [-0.1, -0.05) is 31.4 Å². The van der Waals surface area contributed by atoms with Gasteiger partial charge >= 0.3 is 0 Å². The molecule has 96 valence electrons. The minimum absolute atomic E-state index is 0.0159. The van der Waals surface area contributed by atoms with Crippen molar-refractivity contribution in [3.05, 3.63) is 25.3 Å². The molecule has 2 N–H and O–H groups in total. The lowest BCUT2D eigenvalue weighted by Gasteiger charge is -2.27. The van der Waals surface area contributed by atoms with Crippen LogP contribution in [0, 0.1) is 5.92 Å². The van der Waals surface area contributed by atoms with Crippen LogP contribution < -0.4 is 5.73 Å². The molecular weight excluding hydrogens is 212 g/mol. The molecule has 1 aliphatic carbocycles. The zero-order valence-corrected chi connectivity index (χ0v) is 10.6. The summed E-state index contributed by atoms with van der Waals surface area (Å²) in [5, 5.41) is 0. The van der Waals surface area contributed by atoms with Gasteiger partial charge < -0.3 is 10.6 Å². The van der Waals surface area contributed by atoms with Crippen LogP contribution in [0.1, 0.15) is 32.1 Å². The van der Waals surface area contributed by atoms with E-state index in [9.17, 15) is 4.79 Å². The zero-order valence-electron chi connectivity index (χ0n) is 10.6. The van der Waals surface area contributed by atoms with Crippen LogP contribution in [0.4, 0.5) is 0 Å². The molecule has 3 heteroatoms. The Bertz CT molecular complexity index is 265. The highest BCUT2D eigenvalue weighted by molar-refractivity contribution is 5.80. The Morgan fingerprint density at radius 3 is 2.35 bits per heavy atom. The third-order valence-corrected chi connectivity index (χ3v) is 3.40. The topological polar surface area (TPSA) is 46.3 Å². The van der Waals surface area contributed by atoms with Crippen LogP contribution in [0.15, 0.2) is 25.3 Å². The quantitative estimate of drug-likeness (QED) is 0.587. The predicted molar refractivity (Wildman–Crippen MR) is 71.5 cm³/mol. The molecule has 3 nitrogen and oxygen atoms in total. The van der Waals surface area contributed by atoms with Crippen molar-refractivity contribution >= 4 is 5.91 Å². The first-order chi connectivity index (χ1) is 8.20. The third kappa shape index (κ3) is 4.00. The SMILES string of the molecule is C=CCN(CC=C)C(=O)C1CCCCCC1N. The number of rotatable bonds is 5. The predicted octanol–water partition coefficient (Wildman–Crippen LogP) is 2.09. The van der Waals surface area contributed by atoms with Gasteiger partial charge in [0.15, 0.2) is 0 Å². The first kappa shape index (κ1) is 14.0. The Balaban J connectivity index is 2.68. The van der Waals surface area contributed by atoms with Gasteiger partial charge in [-0.25, -0.2) is 0 Å². The van der Waals surface area contributed by atoms with Crippen LogP contribution in [-0.4, -0.2) is 29.9 Å². The van der Waals surface area contributed by atoms with Gasteiger partial charge in [0.1, 0.15) is 0 Å². The van der Waals surface area contributed by atoms with Crippen molar-refractivity contribution in [2.75, 3.05) is 13.1 Å². The van der Waals surface area contributed by atoms with E-state index in [1.807, 2.05) is 0 Å².